The molecule has 0 amide bonds. The van der Waals surface area contributed by atoms with Gasteiger partial charge in [-0.05, 0) is 93.0 Å². The van der Waals surface area contributed by atoms with Crippen LogP contribution in [0, 0.1) is 23.7 Å². The molecule has 0 aromatic heterocycles. The predicted molar refractivity (Wildman–Crippen MR) is 197 cm³/mol. The van der Waals surface area contributed by atoms with Gasteiger partial charge in [-0.25, -0.2) is 0 Å². The average molecular weight is 595 g/mol. The van der Waals surface area contributed by atoms with Crippen LogP contribution in [-0.4, -0.2) is 33.6 Å². The monoisotopic (exact) mass is 595 g/mol. The zero-order chi connectivity index (χ0) is 31.1. The molecule has 4 unspecified atom stereocenters. The lowest BCUT2D eigenvalue weighted by atomic mass is 9.88. The topological polar surface area (TPSA) is 9.23 Å². The first-order chi connectivity index (χ1) is 18.5. The second kappa shape index (κ2) is 33.5. The molecule has 0 radical (unpaired) electrons. The number of hydrogen-bond acceptors (Lipinski definition) is 1. The van der Waals surface area contributed by atoms with E-state index in [0.717, 1.165) is 25.0 Å². The van der Waals surface area contributed by atoms with Crippen LogP contribution in [-0.2, 0) is 4.43 Å². The van der Waals surface area contributed by atoms with Crippen LogP contribution in [0.2, 0.25) is 38.8 Å². The van der Waals surface area contributed by atoms with E-state index in [2.05, 4.69) is 137 Å². The lowest BCUT2D eigenvalue weighted by Crippen LogP contribution is -2.35. The van der Waals surface area contributed by atoms with Crippen molar-refractivity contribution in [1.29, 1.82) is 0 Å². The van der Waals surface area contributed by atoms with Crippen LogP contribution in [0.4, 0.5) is 0 Å². The van der Waals surface area contributed by atoms with Gasteiger partial charge in [-0.1, -0.05) is 115 Å². The van der Waals surface area contributed by atoms with E-state index in [1.54, 1.807) is 0 Å². The summed E-state index contributed by atoms with van der Waals surface area (Å²) < 4.78 is 6.00. The van der Waals surface area contributed by atoms with E-state index < -0.39 is 17.1 Å². The number of rotatable bonds is 19. The fourth-order valence-electron chi connectivity index (χ4n) is 3.99. The molecular weight excluding hydrogens is 521 g/mol. The van der Waals surface area contributed by atoms with Crippen LogP contribution in [0.25, 0.3) is 0 Å². The van der Waals surface area contributed by atoms with Crippen LogP contribution < -0.4 is 0 Å². The minimum atomic E-state index is -1.16. The molecule has 0 rings (SSSR count). The van der Waals surface area contributed by atoms with Gasteiger partial charge in [-0.3, -0.25) is 0 Å². The van der Waals surface area contributed by atoms with E-state index in [-0.39, 0.29) is 0 Å². The van der Waals surface area contributed by atoms with Gasteiger partial charge in [0, 0.05) is 6.23 Å². The van der Waals surface area contributed by atoms with Crippen LogP contribution in [0.15, 0.2) is 62.3 Å². The Hall–Kier alpha value is -0.689. The number of hydrogen-bond donors (Lipinski definition) is 0. The van der Waals surface area contributed by atoms with E-state index in [0.29, 0.717) is 17.8 Å². The van der Waals surface area contributed by atoms with Gasteiger partial charge in [-0.2, -0.15) is 0 Å². The standard InChI is InChI=1S/C18H38OSi2.C13H22.C3H8.CH6Si/c1-8-11-12-17(9-2)15-18(10-3)13-14-21(6,7)16-19-20(4)5;1-5-9-10-13(8-4)11-12(6-2)7-3;1-3-2;1-2/h8-9,11,17-18,20H,2,10,12-16H2,1,3-7H3;5-6,8-9,12-13H,2,4,7,10-11H2,1,3H3;3H2,1-2H3;1-2H3/b11-8+;9-5+;;. The fourth-order valence-corrected chi connectivity index (χ4v) is 8.47. The molecule has 0 bridgehead atoms. The molecule has 1 nitrogen and oxygen atoms in total. The zero-order valence-corrected chi connectivity index (χ0v) is 33.2. The lowest BCUT2D eigenvalue weighted by Gasteiger charge is -2.27. The summed E-state index contributed by atoms with van der Waals surface area (Å²) in [6, 6.07) is 1.40. The predicted octanol–water partition coefficient (Wildman–Crippen LogP) is 11.0. The van der Waals surface area contributed by atoms with E-state index in [4.69, 9.17) is 4.43 Å². The Morgan fingerprint density at radius 2 is 1.21 bits per heavy atom. The summed E-state index contributed by atoms with van der Waals surface area (Å²) in [5, 5.41) is 0. The Kier molecular flexibility index (Phi) is 38.9. The SMILES string of the molecule is C=CC(C/C=C/C)CC(CC)CC[Si](C)(C)CO[SiH](C)C.C=CC(CC)CC(C=C)C/C=C/C.CCC.C[SiH3]. The van der Waals surface area contributed by atoms with Crippen molar-refractivity contribution in [3.05, 3.63) is 62.3 Å². The highest BCUT2D eigenvalue weighted by Crippen LogP contribution is 2.27. The maximum atomic E-state index is 6.00. The Morgan fingerprint density at radius 3 is 1.54 bits per heavy atom. The van der Waals surface area contributed by atoms with Crippen LogP contribution in [0.1, 0.15) is 92.9 Å². The van der Waals surface area contributed by atoms with Gasteiger partial charge in [0.05, 0.1) is 8.07 Å². The number of allylic oxidation sites excluding steroid dienone is 7. The Bertz CT molecular complexity index is 580. The summed E-state index contributed by atoms with van der Waals surface area (Å²) >= 11 is 0. The molecule has 4 heteroatoms. The van der Waals surface area contributed by atoms with E-state index in [1.165, 1.54) is 54.8 Å². The maximum Gasteiger partial charge on any atom is 0.170 e. The van der Waals surface area contributed by atoms with Crippen LogP contribution in [0.3, 0.4) is 0 Å². The first-order valence-corrected chi connectivity index (χ1v) is 24.4. The Morgan fingerprint density at radius 1 is 0.769 bits per heavy atom. The summed E-state index contributed by atoms with van der Waals surface area (Å²) in [6.45, 7) is 36.4. The van der Waals surface area contributed by atoms with Crippen molar-refractivity contribution in [1.82, 2.24) is 0 Å². The van der Waals surface area contributed by atoms with Gasteiger partial charge in [0.15, 0.2) is 9.04 Å². The summed E-state index contributed by atoms with van der Waals surface area (Å²) in [4.78, 5) is 0. The van der Waals surface area contributed by atoms with Crippen molar-refractivity contribution >= 4 is 27.4 Å². The fraction of sp³-hybridized carbons (Fsp3) is 0.714. The van der Waals surface area contributed by atoms with Crippen molar-refractivity contribution in [2.75, 3.05) is 6.23 Å². The molecule has 0 fully saturated rings. The van der Waals surface area contributed by atoms with E-state index in [1.807, 2.05) is 0 Å². The molecule has 0 saturated carbocycles. The quantitative estimate of drug-likeness (QED) is 0.107. The van der Waals surface area contributed by atoms with E-state index >= 15 is 0 Å². The van der Waals surface area contributed by atoms with Gasteiger partial charge >= 0.3 is 0 Å². The molecule has 0 aromatic carbocycles. The lowest BCUT2D eigenvalue weighted by molar-refractivity contribution is 0.377. The molecule has 0 aliphatic rings. The molecule has 39 heavy (non-hydrogen) atoms. The second-order valence-corrected chi connectivity index (χ2v) is 19.1. The van der Waals surface area contributed by atoms with Gasteiger partial charge in [-0.15, -0.1) is 19.7 Å². The molecule has 4 atom stereocenters. The third-order valence-electron chi connectivity index (χ3n) is 6.73. The minimum absolute atomic E-state index is 0.610. The third-order valence-corrected chi connectivity index (χ3v) is 10.5. The second-order valence-electron chi connectivity index (χ2n) is 11.5. The highest BCUT2D eigenvalue weighted by atomic mass is 28.3. The smallest absolute Gasteiger partial charge is 0.170 e. The van der Waals surface area contributed by atoms with Gasteiger partial charge in [0.1, 0.15) is 0 Å². The third kappa shape index (κ3) is 33.4. The normalized spacial score (nSPS) is 14.3. The molecule has 0 aromatic rings. The molecule has 0 spiro atoms. The zero-order valence-electron chi connectivity index (χ0n) is 29.0. The summed E-state index contributed by atoms with van der Waals surface area (Å²) in [5.74, 6) is 2.75. The highest BCUT2D eigenvalue weighted by molar-refractivity contribution is 6.77. The molecule has 232 valence electrons. The van der Waals surface area contributed by atoms with E-state index in [9.17, 15) is 0 Å². The molecule has 0 heterocycles. The van der Waals surface area contributed by atoms with Crippen molar-refractivity contribution in [3.8, 4) is 0 Å². The van der Waals surface area contributed by atoms with Crippen LogP contribution in [0.5, 0.6) is 0 Å². The van der Waals surface area contributed by atoms with Crippen molar-refractivity contribution < 1.29 is 4.43 Å². The van der Waals surface area contributed by atoms with Gasteiger partial charge < -0.3 is 4.43 Å². The first-order valence-electron chi connectivity index (χ1n) is 16.3. The average Bonchev–Trinajstić information content (AvgIpc) is 2.94. The van der Waals surface area contributed by atoms with Crippen molar-refractivity contribution in [3.63, 3.8) is 0 Å². The molecule has 0 aliphatic heterocycles. The summed E-state index contributed by atoms with van der Waals surface area (Å²) in [7, 11) is -0.709. The largest absolute Gasteiger partial charge is 0.424 e. The van der Waals surface area contributed by atoms with Crippen LogP contribution >= 0.6 is 0 Å². The molecule has 0 saturated heterocycles. The molecule has 0 N–H and O–H groups in total. The first kappa shape index (κ1) is 45.3. The molecule has 0 aliphatic carbocycles. The highest BCUT2D eigenvalue weighted by Gasteiger charge is 2.23. The van der Waals surface area contributed by atoms with Gasteiger partial charge in [0.2, 0.25) is 0 Å². The van der Waals surface area contributed by atoms with Crippen molar-refractivity contribution in [2.45, 2.75) is 132 Å². The molecular formula is C35H74OSi3. The summed E-state index contributed by atoms with van der Waals surface area (Å²) in [5.41, 5.74) is 0. The van der Waals surface area contributed by atoms with Crippen molar-refractivity contribution in [2.24, 2.45) is 23.7 Å². The van der Waals surface area contributed by atoms with Gasteiger partial charge in [0.25, 0.3) is 0 Å². The Labute approximate surface area is 254 Å². The maximum absolute atomic E-state index is 6.00. The Balaban J connectivity index is -0.000000290. The minimum Gasteiger partial charge on any atom is -0.424 e. The summed E-state index contributed by atoms with van der Waals surface area (Å²) in [6.07, 6.45) is 25.9.